The molecule has 1 heterocycles. The lowest BCUT2D eigenvalue weighted by Crippen LogP contribution is -2.48. The van der Waals surface area contributed by atoms with Crippen molar-refractivity contribution in [1.29, 1.82) is 0 Å². The predicted molar refractivity (Wildman–Crippen MR) is 108 cm³/mol. The highest BCUT2D eigenvalue weighted by Crippen LogP contribution is 2.30. The normalized spacial score (nSPS) is 16.8. The second kappa shape index (κ2) is 9.85. The van der Waals surface area contributed by atoms with Crippen LogP contribution in [0.1, 0.15) is 24.1 Å². The Morgan fingerprint density at radius 2 is 1.67 bits per heavy atom. The first-order valence-electron chi connectivity index (χ1n) is 9.28. The largest absolute Gasteiger partial charge is 0.298 e. The van der Waals surface area contributed by atoms with Gasteiger partial charge in [-0.1, -0.05) is 54.1 Å². The van der Waals surface area contributed by atoms with E-state index in [-0.39, 0.29) is 11.9 Å². The van der Waals surface area contributed by atoms with Gasteiger partial charge in [-0.05, 0) is 23.3 Å². The zero-order valence-corrected chi connectivity index (χ0v) is 16.4. The smallest absolute Gasteiger partial charge is 0.240 e. The molecule has 0 aromatic heterocycles. The number of benzene rings is 2. The molecule has 1 amide bonds. The van der Waals surface area contributed by atoms with Crippen molar-refractivity contribution >= 4 is 17.5 Å². The van der Waals surface area contributed by atoms with Crippen LogP contribution in [0.15, 0.2) is 54.6 Å². The van der Waals surface area contributed by atoms with Crippen LogP contribution in [0, 0.1) is 0 Å². The van der Waals surface area contributed by atoms with Gasteiger partial charge in [-0.25, -0.2) is 5.48 Å². The minimum atomic E-state index is -0.173. The number of rotatable bonds is 7. The van der Waals surface area contributed by atoms with Gasteiger partial charge in [-0.15, -0.1) is 0 Å². The van der Waals surface area contributed by atoms with Crippen molar-refractivity contribution in [3.63, 3.8) is 0 Å². The summed E-state index contributed by atoms with van der Waals surface area (Å²) in [7, 11) is 0. The lowest BCUT2D eigenvalue weighted by atomic mass is 9.96. The van der Waals surface area contributed by atoms with Crippen molar-refractivity contribution in [3.05, 3.63) is 70.7 Å². The summed E-state index contributed by atoms with van der Waals surface area (Å²) in [5.41, 5.74) is 4.92. The zero-order chi connectivity index (χ0) is 19.1. The SMILES string of the molecule is CC(=O)NOCCN1CCN([C@H](c2ccccc2)c2ccc(Cl)cc2)CC1. The molecule has 5 nitrogen and oxygen atoms in total. The number of carbonyl (C=O) groups excluding carboxylic acids is 1. The number of hydrogen-bond donors (Lipinski definition) is 1. The third-order valence-electron chi connectivity index (χ3n) is 4.80. The maximum atomic E-state index is 10.8. The Labute approximate surface area is 165 Å². The molecule has 0 radical (unpaired) electrons. The van der Waals surface area contributed by atoms with Gasteiger partial charge < -0.3 is 0 Å². The molecular formula is C21H26ClN3O2. The quantitative estimate of drug-likeness (QED) is 0.585. The van der Waals surface area contributed by atoms with E-state index in [4.69, 9.17) is 16.4 Å². The summed E-state index contributed by atoms with van der Waals surface area (Å²) < 4.78 is 0. The first-order valence-corrected chi connectivity index (χ1v) is 9.66. The molecular weight excluding hydrogens is 362 g/mol. The first-order chi connectivity index (χ1) is 13.1. The molecule has 0 spiro atoms. The van der Waals surface area contributed by atoms with E-state index >= 15 is 0 Å². The molecule has 144 valence electrons. The van der Waals surface area contributed by atoms with E-state index in [1.54, 1.807) is 0 Å². The third-order valence-corrected chi connectivity index (χ3v) is 5.05. The highest BCUT2D eigenvalue weighted by Gasteiger charge is 2.26. The molecule has 1 saturated heterocycles. The molecule has 1 aliphatic rings. The second-order valence-corrected chi connectivity index (χ2v) is 7.19. The number of nitrogens with one attached hydrogen (secondary N) is 1. The Morgan fingerprint density at radius 1 is 1.04 bits per heavy atom. The summed E-state index contributed by atoms with van der Waals surface area (Å²) in [4.78, 5) is 20.9. The van der Waals surface area contributed by atoms with Crippen molar-refractivity contribution in [3.8, 4) is 0 Å². The fraction of sp³-hybridized carbons (Fsp3) is 0.381. The number of halogens is 1. The second-order valence-electron chi connectivity index (χ2n) is 6.75. The molecule has 0 unspecified atom stereocenters. The van der Waals surface area contributed by atoms with Crippen LogP contribution in [-0.2, 0) is 9.63 Å². The van der Waals surface area contributed by atoms with Gasteiger partial charge >= 0.3 is 0 Å². The fourth-order valence-corrected chi connectivity index (χ4v) is 3.59. The van der Waals surface area contributed by atoms with Crippen molar-refractivity contribution < 1.29 is 9.63 Å². The van der Waals surface area contributed by atoms with Gasteiger partial charge in [0.1, 0.15) is 0 Å². The summed E-state index contributed by atoms with van der Waals surface area (Å²) in [5, 5.41) is 0.759. The minimum absolute atomic E-state index is 0.173. The Kier molecular flexibility index (Phi) is 7.24. The van der Waals surface area contributed by atoms with Crippen LogP contribution < -0.4 is 5.48 Å². The Hall–Kier alpha value is -1.92. The van der Waals surface area contributed by atoms with E-state index in [9.17, 15) is 4.79 Å². The van der Waals surface area contributed by atoms with Gasteiger partial charge in [0.05, 0.1) is 12.6 Å². The zero-order valence-electron chi connectivity index (χ0n) is 15.6. The molecule has 3 rings (SSSR count). The summed E-state index contributed by atoms with van der Waals surface area (Å²) in [6.45, 7) is 6.65. The van der Waals surface area contributed by atoms with Gasteiger partial charge in [0.15, 0.2) is 0 Å². The number of carbonyl (C=O) groups is 1. The third kappa shape index (κ3) is 5.78. The van der Waals surface area contributed by atoms with Crippen LogP contribution >= 0.6 is 11.6 Å². The van der Waals surface area contributed by atoms with Crippen LogP contribution in [0.5, 0.6) is 0 Å². The number of amides is 1. The average molecular weight is 388 g/mol. The van der Waals surface area contributed by atoms with Crippen molar-refractivity contribution in [2.24, 2.45) is 0 Å². The van der Waals surface area contributed by atoms with E-state index in [0.29, 0.717) is 6.61 Å². The Bertz CT molecular complexity index is 716. The summed E-state index contributed by atoms with van der Waals surface area (Å²) in [5.74, 6) is -0.173. The highest BCUT2D eigenvalue weighted by atomic mass is 35.5. The Morgan fingerprint density at radius 3 is 2.30 bits per heavy atom. The van der Waals surface area contributed by atoms with Crippen LogP contribution in [0.25, 0.3) is 0 Å². The lowest BCUT2D eigenvalue weighted by Gasteiger charge is -2.39. The van der Waals surface area contributed by atoms with E-state index in [1.807, 2.05) is 12.1 Å². The van der Waals surface area contributed by atoms with Crippen LogP contribution in [0.2, 0.25) is 5.02 Å². The lowest BCUT2D eigenvalue weighted by molar-refractivity contribution is -0.131. The van der Waals surface area contributed by atoms with Gasteiger partial charge in [0.25, 0.3) is 0 Å². The van der Waals surface area contributed by atoms with Gasteiger partial charge in [0.2, 0.25) is 5.91 Å². The molecule has 1 fully saturated rings. The van der Waals surface area contributed by atoms with E-state index < -0.39 is 0 Å². The highest BCUT2D eigenvalue weighted by molar-refractivity contribution is 6.30. The van der Waals surface area contributed by atoms with E-state index in [0.717, 1.165) is 37.7 Å². The molecule has 1 N–H and O–H groups in total. The van der Waals surface area contributed by atoms with Crippen molar-refractivity contribution in [2.75, 3.05) is 39.3 Å². The number of hydrogen-bond acceptors (Lipinski definition) is 4. The molecule has 0 bridgehead atoms. The molecule has 0 saturated carbocycles. The predicted octanol–water partition coefficient (Wildman–Crippen LogP) is 3.11. The molecule has 2 aromatic carbocycles. The molecule has 1 aliphatic heterocycles. The summed E-state index contributed by atoms with van der Waals surface area (Å²) in [6, 6.07) is 19.0. The van der Waals surface area contributed by atoms with Crippen LogP contribution in [0.3, 0.4) is 0 Å². The molecule has 0 aliphatic carbocycles. The Balaban J connectivity index is 1.63. The maximum absolute atomic E-state index is 10.8. The topological polar surface area (TPSA) is 44.8 Å². The average Bonchev–Trinajstić information content (AvgIpc) is 2.69. The number of hydroxylamine groups is 1. The summed E-state index contributed by atoms with van der Waals surface area (Å²) >= 11 is 6.09. The standard InChI is InChI=1S/C21H26ClN3O2/c1-17(26)23-27-16-15-24-11-13-25(14-12-24)21(18-5-3-2-4-6-18)19-7-9-20(22)10-8-19/h2-10,21H,11-16H2,1H3,(H,23,26)/t21-/m1/s1. The van der Waals surface area contributed by atoms with Gasteiger partial charge in [0, 0.05) is 44.7 Å². The van der Waals surface area contributed by atoms with Gasteiger partial charge in [-0.3, -0.25) is 19.4 Å². The first kappa shape index (κ1) is 19.8. The number of nitrogens with zero attached hydrogens (tertiary/aromatic N) is 2. The van der Waals surface area contributed by atoms with Crippen LogP contribution in [0.4, 0.5) is 0 Å². The molecule has 1 atom stereocenters. The molecule has 6 heteroatoms. The molecule has 27 heavy (non-hydrogen) atoms. The summed E-state index contributed by atoms with van der Waals surface area (Å²) in [6.07, 6.45) is 0. The van der Waals surface area contributed by atoms with Crippen LogP contribution in [-0.4, -0.2) is 55.0 Å². The van der Waals surface area contributed by atoms with E-state index in [1.165, 1.54) is 18.1 Å². The van der Waals surface area contributed by atoms with Crippen molar-refractivity contribution in [1.82, 2.24) is 15.3 Å². The molecule has 2 aromatic rings. The maximum Gasteiger partial charge on any atom is 0.240 e. The fourth-order valence-electron chi connectivity index (χ4n) is 3.47. The van der Waals surface area contributed by atoms with E-state index in [2.05, 4.69) is 57.7 Å². The minimum Gasteiger partial charge on any atom is -0.298 e. The van der Waals surface area contributed by atoms with Crippen molar-refractivity contribution in [2.45, 2.75) is 13.0 Å². The monoisotopic (exact) mass is 387 g/mol. The van der Waals surface area contributed by atoms with Gasteiger partial charge in [-0.2, -0.15) is 0 Å². The number of piperazine rings is 1.